The van der Waals surface area contributed by atoms with Gasteiger partial charge in [0.15, 0.2) is 0 Å². The van der Waals surface area contributed by atoms with Crippen molar-refractivity contribution in [3.63, 3.8) is 0 Å². The van der Waals surface area contributed by atoms with Crippen LogP contribution in [0.1, 0.15) is 13.8 Å². The van der Waals surface area contributed by atoms with E-state index >= 15 is 0 Å². The van der Waals surface area contributed by atoms with Crippen LogP contribution in [0.5, 0.6) is 0 Å². The fourth-order valence-corrected chi connectivity index (χ4v) is 2.72. The van der Waals surface area contributed by atoms with Gasteiger partial charge in [0.05, 0.1) is 21.5 Å². The number of amides is 1. The van der Waals surface area contributed by atoms with Crippen molar-refractivity contribution >= 4 is 52.2 Å². The minimum atomic E-state index is -0.116. The van der Waals surface area contributed by atoms with Gasteiger partial charge in [0.25, 0.3) is 0 Å². The number of carbonyl (C=O) groups is 1. The molecule has 0 aliphatic heterocycles. The number of nitrogens with two attached hydrogens (primary N) is 1. The summed E-state index contributed by atoms with van der Waals surface area (Å²) in [5.74, 6) is 1.77. The third-order valence-electron chi connectivity index (χ3n) is 2.01. The molecule has 0 aromatic heterocycles. The molecule has 6 heteroatoms. The smallest absolute Gasteiger partial charge is 0.234 e. The monoisotopic (exact) mass is 306 g/mol. The molecular weight excluding hydrogens is 291 g/mol. The minimum Gasteiger partial charge on any atom is -0.399 e. The highest BCUT2D eigenvalue weighted by molar-refractivity contribution is 7.99. The Morgan fingerprint density at radius 3 is 2.44 bits per heavy atom. The van der Waals surface area contributed by atoms with E-state index in [1.165, 1.54) is 0 Å². The van der Waals surface area contributed by atoms with Crippen molar-refractivity contribution in [2.24, 2.45) is 5.92 Å². The fourth-order valence-electron chi connectivity index (χ4n) is 1.27. The summed E-state index contributed by atoms with van der Waals surface area (Å²) in [6, 6.07) is 3.12. The number of nitrogen functional groups attached to an aromatic ring is 1. The van der Waals surface area contributed by atoms with Crippen LogP contribution in [0.2, 0.25) is 10.0 Å². The number of nitrogens with one attached hydrogen (secondary N) is 1. The Morgan fingerprint density at radius 1 is 1.39 bits per heavy atom. The lowest BCUT2D eigenvalue weighted by Gasteiger charge is -2.10. The summed E-state index contributed by atoms with van der Waals surface area (Å²) in [5.41, 5.74) is 6.48. The third kappa shape index (κ3) is 4.96. The molecule has 0 unspecified atom stereocenters. The number of halogens is 2. The van der Waals surface area contributed by atoms with Gasteiger partial charge in [0, 0.05) is 5.69 Å². The zero-order chi connectivity index (χ0) is 13.7. The van der Waals surface area contributed by atoms with Crippen molar-refractivity contribution in [1.29, 1.82) is 0 Å². The zero-order valence-electron chi connectivity index (χ0n) is 10.3. The van der Waals surface area contributed by atoms with Gasteiger partial charge in [-0.1, -0.05) is 37.0 Å². The zero-order valence-corrected chi connectivity index (χ0v) is 12.6. The normalized spacial score (nSPS) is 10.7. The van der Waals surface area contributed by atoms with Gasteiger partial charge in [-0.05, 0) is 23.8 Å². The van der Waals surface area contributed by atoms with E-state index in [2.05, 4.69) is 19.2 Å². The molecule has 0 heterocycles. The lowest BCUT2D eigenvalue weighted by atomic mass is 10.3. The molecule has 1 rings (SSSR count). The standard InChI is InChI=1S/C12H16Cl2N2OS/c1-7(2)5-18-6-11(17)16-12-9(13)3-8(15)4-10(12)14/h3-4,7H,5-6,15H2,1-2H3,(H,16,17). The maximum absolute atomic E-state index is 11.7. The average Bonchev–Trinajstić information content (AvgIpc) is 2.22. The molecule has 0 atom stereocenters. The molecule has 0 aliphatic carbocycles. The van der Waals surface area contributed by atoms with Crippen molar-refractivity contribution in [3.8, 4) is 0 Å². The SMILES string of the molecule is CC(C)CSCC(=O)Nc1c(Cl)cc(N)cc1Cl. The molecule has 0 spiro atoms. The lowest BCUT2D eigenvalue weighted by Crippen LogP contribution is -2.15. The predicted molar refractivity (Wildman–Crippen MR) is 81.7 cm³/mol. The Kier molecular flexibility index (Phi) is 6.12. The van der Waals surface area contributed by atoms with Gasteiger partial charge in [0.2, 0.25) is 5.91 Å². The third-order valence-corrected chi connectivity index (χ3v) is 3.98. The van der Waals surface area contributed by atoms with Crippen LogP contribution < -0.4 is 11.1 Å². The van der Waals surface area contributed by atoms with E-state index in [-0.39, 0.29) is 5.91 Å². The van der Waals surface area contributed by atoms with Crippen LogP contribution in [-0.4, -0.2) is 17.4 Å². The van der Waals surface area contributed by atoms with Gasteiger partial charge < -0.3 is 11.1 Å². The summed E-state index contributed by atoms with van der Waals surface area (Å²) in [6.07, 6.45) is 0. The number of hydrogen-bond acceptors (Lipinski definition) is 3. The molecule has 0 saturated heterocycles. The highest BCUT2D eigenvalue weighted by atomic mass is 35.5. The van der Waals surface area contributed by atoms with Gasteiger partial charge >= 0.3 is 0 Å². The first-order valence-corrected chi connectivity index (χ1v) is 7.43. The summed E-state index contributed by atoms with van der Waals surface area (Å²) in [5, 5.41) is 3.40. The Labute approximate surface area is 121 Å². The molecule has 1 aromatic carbocycles. The number of hydrogen-bond donors (Lipinski definition) is 2. The van der Waals surface area contributed by atoms with Crippen LogP contribution >= 0.6 is 35.0 Å². The first kappa shape index (κ1) is 15.5. The van der Waals surface area contributed by atoms with Gasteiger partial charge in [-0.25, -0.2) is 0 Å². The number of anilines is 2. The summed E-state index contributed by atoms with van der Waals surface area (Å²) >= 11 is 13.5. The number of thioether (sulfide) groups is 1. The van der Waals surface area contributed by atoms with E-state index in [1.54, 1.807) is 23.9 Å². The predicted octanol–water partition coefficient (Wildman–Crippen LogP) is 3.90. The molecule has 3 N–H and O–H groups in total. The summed E-state index contributed by atoms with van der Waals surface area (Å²) in [6.45, 7) is 4.22. The van der Waals surface area contributed by atoms with E-state index in [0.717, 1.165) is 5.75 Å². The van der Waals surface area contributed by atoms with Crippen molar-refractivity contribution in [3.05, 3.63) is 22.2 Å². The number of benzene rings is 1. The first-order chi connectivity index (χ1) is 8.40. The second kappa shape index (κ2) is 7.12. The summed E-state index contributed by atoms with van der Waals surface area (Å²) in [4.78, 5) is 11.7. The van der Waals surface area contributed by atoms with Crippen LogP contribution in [0.4, 0.5) is 11.4 Å². The molecule has 1 aromatic rings. The molecular formula is C12H16Cl2N2OS. The number of carbonyl (C=O) groups excluding carboxylic acids is 1. The van der Waals surface area contributed by atoms with Crippen molar-refractivity contribution < 1.29 is 4.79 Å². The second-order valence-corrected chi connectivity index (χ2v) is 6.16. The number of rotatable bonds is 5. The second-order valence-electron chi connectivity index (χ2n) is 4.32. The van der Waals surface area contributed by atoms with E-state index < -0.39 is 0 Å². The molecule has 18 heavy (non-hydrogen) atoms. The molecule has 100 valence electrons. The van der Waals surface area contributed by atoms with Gasteiger partial charge in [0.1, 0.15) is 0 Å². The molecule has 0 bridgehead atoms. The summed E-state index contributed by atoms with van der Waals surface area (Å²) < 4.78 is 0. The Bertz CT molecular complexity index is 415. The van der Waals surface area contributed by atoms with E-state index in [4.69, 9.17) is 28.9 Å². The fraction of sp³-hybridized carbons (Fsp3) is 0.417. The van der Waals surface area contributed by atoms with E-state index in [9.17, 15) is 4.79 Å². The largest absolute Gasteiger partial charge is 0.399 e. The molecule has 0 aliphatic rings. The van der Waals surface area contributed by atoms with Crippen molar-refractivity contribution in [2.75, 3.05) is 22.6 Å². The Balaban J connectivity index is 2.59. The Morgan fingerprint density at radius 2 is 1.94 bits per heavy atom. The molecule has 1 amide bonds. The quantitative estimate of drug-likeness (QED) is 0.811. The minimum absolute atomic E-state index is 0.116. The first-order valence-electron chi connectivity index (χ1n) is 5.52. The van der Waals surface area contributed by atoms with Crippen LogP contribution in [0, 0.1) is 5.92 Å². The molecule has 3 nitrogen and oxygen atoms in total. The van der Waals surface area contributed by atoms with Crippen LogP contribution in [0.25, 0.3) is 0 Å². The average molecular weight is 307 g/mol. The Hall–Kier alpha value is -0.580. The van der Waals surface area contributed by atoms with Crippen LogP contribution in [-0.2, 0) is 4.79 Å². The lowest BCUT2D eigenvalue weighted by molar-refractivity contribution is -0.113. The maximum Gasteiger partial charge on any atom is 0.234 e. The summed E-state index contributed by atoms with van der Waals surface area (Å²) in [7, 11) is 0. The van der Waals surface area contributed by atoms with Crippen molar-refractivity contribution in [2.45, 2.75) is 13.8 Å². The topological polar surface area (TPSA) is 55.1 Å². The molecule has 0 fully saturated rings. The van der Waals surface area contributed by atoms with E-state index in [0.29, 0.717) is 33.1 Å². The highest BCUT2D eigenvalue weighted by Crippen LogP contribution is 2.32. The van der Waals surface area contributed by atoms with Crippen molar-refractivity contribution in [1.82, 2.24) is 0 Å². The van der Waals surface area contributed by atoms with Crippen LogP contribution in [0.3, 0.4) is 0 Å². The molecule has 0 saturated carbocycles. The highest BCUT2D eigenvalue weighted by Gasteiger charge is 2.11. The van der Waals surface area contributed by atoms with E-state index in [1.807, 2.05) is 0 Å². The van der Waals surface area contributed by atoms with Gasteiger partial charge in [-0.2, -0.15) is 11.8 Å². The van der Waals surface area contributed by atoms with Crippen LogP contribution in [0.15, 0.2) is 12.1 Å². The maximum atomic E-state index is 11.7. The van der Waals surface area contributed by atoms with Gasteiger partial charge in [-0.3, -0.25) is 4.79 Å². The van der Waals surface area contributed by atoms with Gasteiger partial charge in [-0.15, -0.1) is 0 Å². The molecule has 0 radical (unpaired) electrons.